The van der Waals surface area contributed by atoms with Gasteiger partial charge in [0.1, 0.15) is 11.2 Å². The zero-order valence-electron chi connectivity index (χ0n) is 30.2. The first-order chi connectivity index (χ1) is 26.5. The Morgan fingerprint density at radius 3 is 2.07 bits per heavy atom. The number of fused-ring (bicyclic) bond motifs is 12. The number of furan rings is 1. The summed E-state index contributed by atoms with van der Waals surface area (Å²) >= 11 is 0. The molecule has 2 aliphatic carbocycles. The zero-order valence-corrected chi connectivity index (χ0v) is 30.2. The zero-order chi connectivity index (χ0) is 35.7. The minimum absolute atomic E-state index is 0.105. The van der Waals surface area contributed by atoms with Crippen molar-refractivity contribution in [2.45, 2.75) is 32.1 Å². The van der Waals surface area contributed by atoms with Crippen LogP contribution in [-0.4, -0.2) is 9.13 Å². The molecule has 0 radical (unpaired) electrons. The largest absolute Gasteiger partial charge is 0.456 e. The molecule has 256 valence electrons. The summed E-state index contributed by atoms with van der Waals surface area (Å²) in [5.74, 6) is 0. The molecule has 0 unspecified atom stereocenters. The first kappa shape index (κ1) is 29.9. The maximum Gasteiger partial charge on any atom is 0.135 e. The Labute approximate surface area is 313 Å². The maximum absolute atomic E-state index is 6.28. The van der Waals surface area contributed by atoms with Crippen molar-refractivity contribution in [1.29, 1.82) is 0 Å². The molecule has 2 aliphatic rings. The van der Waals surface area contributed by atoms with Crippen LogP contribution < -0.4 is 0 Å². The minimum atomic E-state index is -0.105. The third-order valence-electron chi connectivity index (χ3n) is 12.4. The van der Waals surface area contributed by atoms with Gasteiger partial charge in [0.15, 0.2) is 0 Å². The third-order valence-corrected chi connectivity index (χ3v) is 12.4. The molecule has 0 fully saturated rings. The average molecular weight is 693 g/mol. The van der Waals surface area contributed by atoms with E-state index >= 15 is 0 Å². The van der Waals surface area contributed by atoms with E-state index in [2.05, 4.69) is 175 Å². The SMILES string of the molecule is CC1(C)c2ccccc2-c2cc3c4ccccc4n(-c4cc(-c5ccc6oc7ccccc7c6c5)cc(-n5c6c(c7ccccc75)CCC=C6)c4)c3cc21. The molecule has 0 bridgehead atoms. The van der Waals surface area contributed by atoms with Crippen molar-refractivity contribution in [2.75, 3.05) is 0 Å². The van der Waals surface area contributed by atoms with Crippen LogP contribution in [0.1, 0.15) is 42.7 Å². The van der Waals surface area contributed by atoms with Crippen molar-refractivity contribution in [3.63, 3.8) is 0 Å². The first-order valence-electron chi connectivity index (χ1n) is 19.1. The predicted molar refractivity (Wildman–Crippen MR) is 225 cm³/mol. The van der Waals surface area contributed by atoms with Gasteiger partial charge in [-0.15, -0.1) is 0 Å². The summed E-state index contributed by atoms with van der Waals surface area (Å²) in [6.45, 7) is 4.75. The highest BCUT2D eigenvalue weighted by molar-refractivity contribution is 6.12. The summed E-state index contributed by atoms with van der Waals surface area (Å²) in [7, 11) is 0. The smallest absolute Gasteiger partial charge is 0.135 e. The normalized spacial score (nSPS) is 14.4. The average Bonchev–Trinajstić information content (AvgIpc) is 3.92. The van der Waals surface area contributed by atoms with Gasteiger partial charge in [-0.05, 0) is 119 Å². The summed E-state index contributed by atoms with van der Waals surface area (Å²) in [6.07, 6.45) is 6.77. The highest BCUT2D eigenvalue weighted by atomic mass is 16.3. The first-order valence-corrected chi connectivity index (χ1v) is 19.1. The molecule has 3 heteroatoms. The lowest BCUT2D eigenvalue weighted by molar-refractivity contribution is 0.661. The fraction of sp³-hybridized carbons (Fsp3) is 0.0980. The minimum Gasteiger partial charge on any atom is -0.456 e. The van der Waals surface area contributed by atoms with Crippen LogP contribution in [-0.2, 0) is 11.8 Å². The summed E-state index contributed by atoms with van der Waals surface area (Å²) in [6, 6.07) is 53.9. The number of aromatic nitrogens is 2. The van der Waals surface area contributed by atoms with E-state index < -0.39 is 0 Å². The Morgan fingerprint density at radius 2 is 1.20 bits per heavy atom. The summed E-state index contributed by atoms with van der Waals surface area (Å²) in [4.78, 5) is 0. The Kier molecular flexibility index (Phi) is 5.96. The van der Waals surface area contributed by atoms with Crippen molar-refractivity contribution in [3.05, 3.63) is 174 Å². The number of rotatable bonds is 3. The van der Waals surface area contributed by atoms with Crippen LogP contribution in [0, 0.1) is 0 Å². The van der Waals surface area contributed by atoms with E-state index in [0.717, 1.165) is 51.7 Å². The van der Waals surface area contributed by atoms with Gasteiger partial charge in [0.25, 0.3) is 0 Å². The van der Waals surface area contributed by atoms with Crippen LogP contribution >= 0.6 is 0 Å². The fourth-order valence-corrected chi connectivity index (χ4v) is 9.83. The molecule has 54 heavy (non-hydrogen) atoms. The second-order valence-corrected chi connectivity index (χ2v) is 15.6. The van der Waals surface area contributed by atoms with E-state index in [-0.39, 0.29) is 5.41 Å². The van der Waals surface area contributed by atoms with Crippen molar-refractivity contribution in [2.24, 2.45) is 0 Å². The Bertz CT molecular complexity index is 3250. The van der Waals surface area contributed by atoms with Gasteiger partial charge in [-0.3, -0.25) is 0 Å². The molecule has 0 amide bonds. The lowest BCUT2D eigenvalue weighted by Crippen LogP contribution is -2.15. The van der Waals surface area contributed by atoms with Gasteiger partial charge in [-0.2, -0.15) is 0 Å². The van der Waals surface area contributed by atoms with Crippen LogP contribution in [0.5, 0.6) is 0 Å². The topological polar surface area (TPSA) is 23.0 Å². The molecule has 3 heterocycles. The number of hydrogen-bond acceptors (Lipinski definition) is 1. The van der Waals surface area contributed by atoms with Gasteiger partial charge < -0.3 is 13.6 Å². The van der Waals surface area contributed by atoms with E-state index in [1.54, 1.807) is 0 Å². The molecule has 0 spiro atoms. The lowest BCUT2D eigenvalue weighted by atomic mass is 9.82. The van der Waals surface area contributed by atoms with Crippen LogP contribution in [0.15, 0.2) is 156 Å². The maximum atomic E-state index is 6.28. The van der Waals surface area contributed by atoms with E-state index in [1.807, 2.05) is 6.07 Å². The molecule has 7 aromatic carbocycles. The quantitative estimate of drug-likeness (QED) is 0.181. The summed E-state index contributed by atoms with van der Waals surface area (Å²) in [5, 5.41) is 6.16. The Hall–Kier alpha value is -6.58. The number of hydrogen-bond donors (Lipinski definition) is 0. The molecular formula is C51H36N2O. The highest BCUT2D eigenvalue weighted by Crippen LogP contribution is 2.51. The molecule has 3 nitrogen and oxygen atoms in total. The van der Waals surface area contributed by atoms with E-state index in [0.29, 0.717) is 0 Å². The van der Waals surface area contributed by atoms with Gasteiger partial charge in [-0.25, -0.2) is 0 Å². The summed E-state index contributed by atoms with van der Waals surface area (Å²) < 4.78 is 11.3. The molecule has 10 aromatic rings. The number of aryl methyl sites for hydroxylation is 1. The molecule has 0 saturated heterocycles. The van der Waals surface area contributed by atoms with Crippen LogP contribution in [0.2, 0.25) is 0 Å². The van der Waals surface area contributed by atoms with Gasteiger partial charge in [0, 0.05) is 49.4 Å². The molecule has 0 saturated carbocycles. The molecule has 12 rings (SSSR count). The van der Waals surface area contributed by atoms with Crippen molar-refractivity contribution in [3.8, 4) is 33.6 Å². The molecule has 0 aliphatic heterocycles. The Morgan fingerprint density at radius 1 is 0.500 bits per heavy atom. The van der Waals surface area contributed by atoms with Gasteiger partial charge in [-0.1, -0.05) is 105 Å². The Balaban J connectivity index is 1.18. The van der Waals surface area contributed by atoms with Crippen molar-refractivity contribution < 1.29 is 4.42 Å². The molecule has 3 aromatic heterocycles. The second-order valence-electron chi connectivity index (χ2n) is 15.6. The summed E-state index contributed by atoms with van der Waals surface area (Å²) in [5.41, 5.74) is 18.2. The lowest BCUT2D eigenvalue weighted by Gasteiger charge is -2.22. The van der Waals surface area contributed by atoms with Gasteiger partial charge >= 0.3 is 0 Å². The second kappa shape index (κ2) is 10.7. The van der Waals surface area contributed by atoms with Crippen LogP contribution in [0.3, 0.4) is 0 Å². The number of nitrogens with zero attached hydrogens (tertiary/aromatic N) is 2. The number of allylic oxidation sites excluding steroid dienone is 1. The highest BCUT2D eigenvalue weighted by Gasteiger charge is 2.36. The van der Waals surface area contributed by atoms with Gasteiger partial charge in [0.2, 0.25) is 0 Å². The van der Waals surface area contributed by atoms with E-state index in [4.69, 9.17) is 4.42 Å². The monoisotopic (exact) mass is 692 g/mol. The van der Waals surface area contributed by atoms with Crippen molar-refractivity contribution in [1.82, 2.24) is 9.13 Å². The van der Waals surface area contributed by atoms with E-state index in [9.17, 15) is 0 Å². The number of benzene rings is 7. The van der Waals surface area contributed by atoms with Crippen LogP contribution in [0.25, 0.3) is 94.4 Å². The molecule has 0 N–H and O–H groups in total. The molecule has 0 atom stereocenters. The standard InChI is InChI=1S/C51H36N2O/c1-51(2)43-18-8-3-13-35(43)40-29-41-38-16-6-11-21-47(38)53(48(41)30-44(40)51)34-26-32(31-23-24-50-42(27-31)39-17-7-12-22-49(39)54-50)25-33(28-34)52-45-19-9-4-14-36(45)37-15-5-10-20-46(37)52/h3-4,6-14,16-30H,5,15H2,1-2H3. The number of para-hydroxylation sites is 3. The fourth-order valence-electron chi connectivity index (χ4n) is 9.83. The van der Waals surface area contributed by atoms with Crippen molar-refractivity contribution >= 4 is 60.7 Å². The predicted octanol–water partition coefficient (Wildman–Crippen LogP) is 13.6. The van der Waals surface area contributed by atoms with Crippen LogP contribution in [0.4, 0.5) is 0 Å². The molecular weight excluding hydrogens is 657 g/mol. The third kappa shape index (κ3) is 4.01. The van der Waals surface area contributed by atoms with E-state index in [1.165, 1.54) is 71.8 Å². The van der Waals surface area contributed by atoms with Gasteiger partial charge in [0.05, 0.1) is 16.6 Å².